The fourth-order valence-corrected chi connectivity index (χ4v) is 1.80. The maximum Gasteiger partial charge on any atom is 0.336 e. The van der Waals surface area contributed by atoms with Gasteiger partial charge in [0.05, 0.1) is 11.3 Å². The number of aromatic nitrogens is 1. The van der Waals surface area contributed by atoms with Crippen LogP contribution in [0.2, 0.25) is 0 Å². The van der Waals surface area contributed by atoms with E-state index in [0.29, 0.717) is 11.3 Å². The first-order valence-corrected chi connectivity index (χ1v) is 5.62. The summed E-state index contributed by atoms with van der Waals surface area (Å²) in [6, 6.07) is 1.59. The van der Waals surface area contributed by atoms with Crippen molar-refractivity contribution in [1.82, 2.24) is 4.98 Å². The first-order chi connectivity index (χ1) is 7.60. The van der Waals surface area contributed by atoms with Gasteiger partial charge in [0.15, 0.2) is 0 Å². The van der Waals surface area contributed by atoms with E-state index in [1.807, 2.05) is 13.0 Å². The molecule has 1 rings (SSSR count). The highest BCUT2D eigenvalue weighted by molar-refractivity contribution is 8.10. The average Bonchev–Trinajstić information content (AvgIpc) is 2.26. The number of allylic oxidation sites excluding steroid dienone is 1. The molecule has 0 saturated carbocycles. The lowest BCUT2D eigenvalue weighted by Crippen LogP contribution is -2.02. The van der Waals surface area contributed by atoms with E-state index in [1.165, 1.54) is 11.8 Å². The topological polar surface area (TPSA) is 50.2 Å². The highest BCUT2D eigenvalue weighted by Gasteiger charge is 2.10. The first kappa shape index (κ1) is 12.5. The third-order valence-corrected chi connectivity index (χ3v) is 2.92. The highest BCUT2D eigenvalue weighted by atomic mass is 32.2. The molecule has 1 aromatic rings. The van der Waals surface area contributed by atoms with Gasteiger partial charge in [0.1, 0.15) is 0 Å². The maximum absolute atomic E-state index is 11.0. The monoisotopic (exact) mass is 235 g/mol. The van der Waals surface area contributed by atoms with Crippen LogP contribution >= 0.6 is 11.8 Å². The third kappa shape index (κ3) is 2.73. The Balaban J connectivity index is 3.21. The van der Waals surface area contributed by atoms with Gasteiger partial charge in [-0.05, 0) is 30.9 Å². The van der Waals surface area contributed by atoms with Crippen molar-refractivity contribution in [3.63, 3.8) is 0 Å². The van der Waals surface area contributed by atoms with Crippen molar-refractivity contribution in [2.45, 2.75) is 13.8 Å². The molecular weight excluding hydrogens is 222 g/mol. The van der Waals surface area contributed by atoms with Crippen molar-refractivity contribution in [3.05, 3.63) is 47.1 Å². The smallest absolute Gasteiger partial charge is 0.336 e. The summed E-state index contributed by atoms with van der Waals surface area (Å²) in [5.74, 6) is -0.930. The fraction of sp³-hybridized carbons (Fsp3) is 0.167. The second-order valence-electron chi connectivity index (χ2n) is 3.13. The van der Waals surface area contributed by atoms with Crippen LogP contribution in [0.25, 0.3) is 4.91 Å². The van der Waals surface area contributed by atoms with Crippen molar-refractivity contribution >= 4 is 22.6 Å². The Morgan fingerprint density at radius 2 is 2.31 bits per heavy atom. The van der Waals surface area contributed by atoms with E-state index in [9.17, 15) is 4.79 Å². The number of carboxylic acid groups (broad SMARTS) is 1. The van der Waals surface area contributed by atoms with Gasteiger partial charge >= 0.3 is 5.97 Å². The van der Waals surface area contributed by atoms with Crippen LogP contribution in [0.15, 0.2) is 30.3 Å². The lowest BCUT2D eigenvalue weighted by molar-refractivity contribution is 0.0696. The van der Waals surface area contributed by atoms with E-state index in [1.54, 1.807) is 24.6 Å². The van der Waals surface area contributed by atoms with Crippen LogP contribution in [0.1, 0.15) is 28.5 Å². The summed E-state index contributed by atoms with van der Waals surface area (Å²) in [4.78, 5) is 16.1. The van der Waals surface area contributed by atoms with Gasteiger partial charge in [-0.1, -0.05) is 24.4 Å². The molecule has 0 radical (unpaired) electrons. The largest absolute Gasteiger partial charge is 0.478 e. The van der Waals surface area contributed by atoms with Gasteiger partial charge in [-0.3, -0.25) is 4.98 Å². The Morgan fingerprint density at radius 3 is 2.81 bits per heavy atom. The molecule has 1 N–H and O–H groups in total. The Hall–Kier alpha value is -1.55. The third-order valence-electron chi connectivity index (χ3n) is 2.06. The number of aryl methyl sites for hydroxylation is 1. The van der Waals surface area contributed by atoms with Gasteiger partial charge in [-0.15, -0.1) is 0 Å². The average molecular weight is 235 g/mol. The number of hydrogen-bond acceptors (Lipinski definition) is 3. The molecule has 1 heterocycles. The predicted molar refractivity (Wildman–Crippen MR) is 67.4 cm³/mol. The van der Waals surface area contributed by atoms with Crippen molar-refractivity contribution < 1.29 is 9.90 Å². The Kier molecular flexibility index (Phi) is 4.31. The number of rotatable bonds is 4. The van der Waals surface area contributed by atoms with Gasteiger partial charge in [-0.25, -0.2) is 4.79 Å². The zero-order chi connectivity index (χ0) is 12.1. The molecule has 1 aromatic heterocycles. The second-order valence-corrected chi connectivity index (χ2v) is 4.14. The van der Waals surface area contributed by atoms with E-state index in [4.69, 9.17) is 5.11 Å². The summed E-state index contributed by atoms with van der Waals surface area (Å²) in [7, 11) is 0. The lowest BCUT2D eigenvalue weighted by Gasteiger charge is -2.06. The molecule has 16 heavy (non-hydrogen) atoms. The zero-order valence-electron chi connectivity index (χ0n) is 9.23. The molecule has 0 aliphatic rings. The van der Waals surface area contributed by atoms with E-state index >= 15 is 0 Å². The van der Waals surface area contributed by atoms with Crippen LogP contribution in [-0.2, 0) is 0 Å². The second kappa shape index (κ2) is 5.51. The van der Waals surface area contributed by atoms with Crippen LogP contribution in [0.5, 0.6) is 0 Å². The minimum absolute atomic E-state index is 0.286. The standard InChI is InChI=1S/C12H13NO2S/c1-4-11(16-5-2)10-6-9(12(14)15)8(3)7-13-10/h4-7H,2H2,1,3H3,(H,14,15)/b11-4-. The number of aromatic carboxylic acids is 1. The molecule has 0 aliphatic carbocycles. The quantitative estimate of drug-likeness (QED) is 0.869. The van der Waals surface area contributed by atoms with Crippen LogP contribution < -0.4 is 0 Å². The summed E-state index contributed by atoms with van der Waals surface area (Å²) in [5.41, 5.74) is 1.61. The highest BCUT2D eigenvalue weighted by Crippen LogP contribution is 2.27. The van der Waals surface area contributed by atoms with E-state index in [2.05, 4.69) is 11.6 Å². The number of hydrogen-bond donors (Lipinski definition) is 1. The van der Waals surface area contributed by atoms with Crippen molar-refractivity contribution in [2.24, 2.45) is 0 Å². The minimum atomic E-state index is -0.930. The van der Waals surface area contributed by atoms with Gasteiger partial charge in [-0.2, -0.15) is 0 Å². The van der Waals surface area contributed by atoms with E-state index in [0.717, 1.165) is 4.91 Å². The maximum atomic E-state index is 11.0. The van der Waals surface area contributed by atoms with Gasteiger partial charge in [0, 0.05) is 11.1 Å². The molecule has 0 saturated heterocycles. The number of pyridine rings is 1. The normalized spacial score (nSPS) is 11.2. The summed E-state index contributed by atoms with van der Waals surface area (Å²) >= 11 is 1.43. The van der Waals surface area contributed by atoms with Gasteiger partial charge < -0.3 is 5.11 Å². The molecule has 0 atom stereocenters. The molecule has 4 heteroatoms. The molecule has 0 spiro atoms. The molecule has 0 unspecified atom stereocenters. The van der Waals surface area contributed by atoms with E-state index < -0.39 is 5.97 Å². The molecular formula is C12H13NO2S. The van der Waals surface area contributed by atoms with Crippen molar-refractivity contribution in [3.8, 4) is 0 Å². The van der Waals surface area contributed by atoms with Crippen LogP contribution in [0, 0.1) is 6.92 Å². The van der Waals surface area contributed by atoms with Crippen LogP contribution in [0.4, 0.5) is 0 Å². The number of thioether (sulfide) groups is 1. The summed E-state index contributed by atoms with van der Waals surface area (Å²) in [6.45, 7) is 7.24. The van der Waals surface area contributed by atoms with E-state index in [-0.39, 0.29) is 5.56 Å². The van der Waals surface area contributed by atoms with Gasteiger partial charge in [0.25, 0.3) is 0 Å². The minimum Gasteiger partial charge on any atom is -0.478 e. The molecule has 0 fully saturated rings. The van der Waals surface area contributed by atoms with Gasteiger partial charge in [0.2, 0.25) is 0 Å². The Bertz CT molecular complexity index is 452. The zero-order valence-corrected chi connectivity index (χ0v) is 10.0. The summed E-state index contributed by atoms with van der Waals surface area (Å²) < 4.78 is 0. The lowest BCUT2D eigenvalue weighted by atomic mass is 10.1. The summed E-state index contributed by atoms with van der Waals surface area (Å²) in [5, 5.41) is 10.7. The number of carbonyl (C=O) groups is 1. The Labute approximate surface area is 98.9 Å². The molecule has 0 aliphatic heterocycles. The number of nitrogens with zero attached hydrogens (tertiary/aromatic N) is 1. The van der Waals surface area contributed by atoms with Crippen molar-refractivity contribution in [2.75, 3.05) is 0 Å². The molecule has 0 amide bonds. The summed E-state index contributed by atoms with van der Waals surface area (Å²) in [6.07, 6.45) is 3.46. The predicted octanol–water partition coefficient (Wildman–Crippen LogP) is 3.33. The first-order valence-electron chi connectivity index (χ1n) is 4.74. The number of carboxylic acids is 1. The fourth-order valence-electron chi connectivity index (χ4n) is 1.25. The van der Waals surface area contributed by atoms with Crippen LogP contribution in [0.3, 0.4) is 0 Å². The molecule has 84 valence electrons. The van der Waals surface area contributed by atoms with Crippen LogP contribution in [-0.4, -0.2) is 16.1 Å². The molecule has 0 bridgehead atoms. The SMILES string of the molecule is C=CS/C(=C\C)c1cc(C(=O)O)c(C)cn1. The Morgan fingerprint density at radius 1 is 1.62 bits per heavy atom. The molecule has 0 aromatic carbocycles. The molecule has 3 nitrogen and oxygen atoms in total. The van der Waals surface area contributed by atoms with Crippen molar-refractivity contribution in [1.29, 1.82) is 0 Å².